The van der Waals surface area contributed by atoms with Crippen molar-refractivity contribution in [1.82, 2.24) is 20.0 Å². The second kappa shape index (κ2) is 9.03. The molecule has 2 aromatic rings. The van der Waals surface area contributed by atoms with Crippen molar-refractivity contribution in [2.45, 2.75) is 26.1 Å². The first kappa shape index (κ1) is 22.9. The van der Waals surface area contributed by atoms with Crippen molar-refractivity contribution < 1.29 is 9.53 Å². The van der Waals surface area contributed by atoms with Crippen LogP contribution in [0, 0.1) is 13.8 Å². The molecule has 1 aromatic carbocycles. The van der Waals surface area contributed by atoms with Gasteiger partial charge >= 0.3 is 0 Å². The molecule has 2 aliphatic heterocycles. The fourth-order valence-corrected chi connectivity index (χ4v) is 5.07. The minimum atomic E-state index is -0.122. The standard InChI is InChI=1S/C25H25N7O2S/c1-14-11-27-20(15(2)23(14)34-4)12-32-28-19-10-17(25(33)31(3)16-8-6-5-7-9-16)18-13-35-30-24(26)22(29-32)21(18)19/h5-11H,12-13H2,1-4H3,(H2,26,30). The maximum Gasteiger partial charge on any atom is 0.258 e. The van der Waals surface area contributed by atoms with Gasteiger partial charge in [-0.3, -0.25) is 9.78 Å². The molecule has 2 N–H and O–H groups in total. The summed E-state index contributed by atoms with van der Waals surface area (Å²) in [5.41, 5.74) is 13.1. The Bertz CT molecular complexity index is 1430. The van der Waals surface area contributed by atoms with Gasteiger partial charge in [-0.1, -0.05) is 18.2 Å². The Morgan fingerprint density at radius 3 is 2.74 bits per heavy atom. The Hall–Kier alpha value is -3.92. The number of anilines is 1. The van der Waals surface area contributed by atoms with E-state index < -0.39 is 0 Å². The molecule has 3 aliphatic rings. The van der Waals surface area contributed by atoms with Gasteiger partial charge in [0.2, 0.25) is 0 Å². The molecule has 3 heterocycles. The minimum Gasteiger partial charge on any atom is -0.496 e. The topological polar surface area (TPSA) is 112 Å². The van der Waals surface area contributed by atoms with Crippen molar-refractivity contribution in [2.75, 3.05) is 19.1 Å². The lowest BCUT2D eigenvalue weighted by Crippen LogP contribution is -2.26. The molecule has 1 aromatic heterocycles. The van der Waals surface area contributed by atoms with Gasteiger partial charge < -0.3 is 15.4 Å². The average molecular weight is 488 g/mol. The minimum absolute atomic E-state index is 0.122. The second-order valence-electron chi connectivity index (χ2n) is 8.37. The summed E-state index contributed by atoms with van der Waals surface area (Å²) in [4.78, 5) is 21.3. The molecule has 0 atom stereocenters. The molecular formula is C25H25N7O2S. The van der Waals surface area contributed by atoms with E-state index in [-0.39, 0.29) is 5.91 Å². The number of hydrogen-bond donors (Lipinski definition) is 1. The van der Waals surface area contributed by atoms with Gasteiger partial charge in [0.05, 0.1) is 18.5 Å². The Labute approximate surface area is 207 Å². The predicted octanol–water partition coefficient (Wildman–Crippen LogP) is 3.60. The van der Waals surface area contributed by atoms with Gasteiger partial charge in [0, 0.05) is 46.9 Å². The van der Waals surface area contributed by atoms with Gasteiger partial charge in [0.15, 0.2) is 5.84 Å². The number of benzene rings is 1. The monoisotopic (exact) mass is 487 g/mol. The molecule has 0 bridgehead atoms. The molecule has 1 aliphatic carbocycles. The summed E-state index contributed by atoms with van der Waals surface area (Å²) in [6, 6.07) is 11.4. The van der Waals surface area contributed by atoms with Gasteiger partial charge in [-0.05, 0) is 49.6 Å². The van der Waals surface area contributed by atoms with Crippen LogP contribution in [0.3, 0.4) is 0 Å². The number of nitrogens with zero attached hydrogens (tertiary/aromatic N) is 6. The Morgan fingerprint density at radius 2 is 2.00 bits per heavy atom. The summed E-state index contributed by atoms with van der Waals surface area (Å²) in [5, 5.41) is 9.43. The van der Waals surface area contributed by atoms with Crippen molar-refractivity contribution in [2.24, 2.45) is 10.1 Å². The fraction of sp³-hybridized carbons (Fsp3) is 0.240. The molecular weight excluding hydrogens is 462 g/mol. The van der Waals surface area contributed by atoms with Crippen LogP contribution in [-0.2, 0) is 12.3 Å². The number of hydrogen-bond acceptors (Lipinski definition) is 8. The molecule has 10 heteroatoms. The number of aryl methyl sites for hydroxylation is 1. The summed E-state index contributed by atoms with van der Waals surface area (Å²) in [6.45, 7) is 4.24. The Morgan fingerprint density at radius 1 is 1.23 bits per heavy atom. The number of nitrogens with two attached hydrogens (primary N) is 1. The molecule has 0 radical (unpaired) electrons. The van der Waals surface area contributed by atoms with Crippen molar-refractivity contribution >= 4 is 29.4 Å². The van der Waals surface area contributed by atoms with E-state index in [1.807, 2.05) is 50.2 Å². The number of rotatable bonds is 5. The number of carbonyl (C=O) groups excluding carboxylic acids is 1. The number of methoxy groups -OCH3 is 1. The van der Waals surface area contributed by atoms with Crippen LogP contribution < -0.4 is 15.4 Å². The number of amides is 1. The zero-order chi connectivity index (χ0) is 24.7. The van der Waals surface area contributed by atoms with Crippen LogP contribution in [0.4, 0.5) is 5.69 Å². The highest BCUT2D eigenvalue weighted by Gasteiger charge is 2.31. The van der Waals surface area contributed by atoms with Crippen molar-refractivity contribution in [3.63, 3.8) is 0 Å². The number of aromatic nitrogens is 4. The van der Waals surface area contributed by atoms with Crippen LogP contribution in [0.5, 0.6) is 5.75 Å². The van der Waals surface area contributed by atoms with Crippen LogP contribution in [0.15, 0.2) is 47.0 Å². The van der Waals surface area contributed by atoms with E-state index in [9.17, 15) is 4.79 Å². The summed E-state index contributed by atoms with van der Waals surface area (Å²) in [6.07, 6.45) is 1.78. The largest absolute Gasteiger partial charge is 0.496 e. The first-order valence-corrected chi connectivity index (χ1v) is 12.0. The Balaban J connectivity index is 1.61. The van der Waals surface area contributed by atoms with Crippen LogP contribution >= 0.6 is 11.9 Å². The quantitative estimate of drug-likeness (QED) is 0.428. The molecule has 9 nitrogen and oxygen atoms in total. The molecule has 0 unspecified atom stereocenters. The zero-order valence-corrected chi connectivity index (χ0v) is 20.8. The van der Waals surface area contributed by atoms with Gasteiger partial charge in [-0.15, -0.1) is 0 Å². The van der Waals surface area contributed by atoms with E-state index in [0.717, 1.165) is 39.4 Å². The summed E-state index contributed by atoms with van der Waals surface area (Å²) >= 11 is 1.30. The van der Waals surface area contributed by atoms with Crippen LogP contribution in [0.25, 0.3) is 11.3 Å². The SMILES string of the molecule is COc1c(C)cnc(Cn2nc3cc(C(=O)N(C)c4ccccc4)c4c-3c(n2)C(N)=NSC4)c1C. The van der Waals surface area contributed by atoms with E-state index in [4.69, 9.17) is 20.7 Å². The average Bonchev–Trinajstić information content (AvgIpc) is 3.14. The number of ether oxygens (including phenoxy) is 1. The smallest absolute Gasteiger partial charge is 0.258 e. The van der Waals surface area contributed by atoms with Crippen molar-refractivity contribution in [3.8, 4) is 17.0 Å². The third kappa shape index (κ3) is 3.99. The maximum atomic E-state index is 13.5. The molecule has 0 saturated heterocycles. The predicted molar refractivity (Wildman–Crippen MR) is 137 cm³/mol. The zero-order valence-electron chi connectivity index (χ0n) is 19.9. The molecule has 0 saturated carbocycles. The lowest BCUT2D eigenvalue weighted by molar-refractivity contribution is 0.0993. The van der Waals surface area contributed by atoms with Crippen LogP contribution in [0.2, 0.25) is 0 Å². The van der Waals surface area contributed by atoms with Crippen molar-refractivity contribution in [1.29, 1.82) is 0 Å². The Kier molecular flexibility index (Phi) is 5.89. The van der Waals surface area contributed by atoms with E-state index in [2.05, 4.69) is 9.38 Å². The number of carbonyl (C=O) groups is 1. The lowest BCUT2D eigenvalue weighted by atomic mass is 10.1. The van der Waals surface area contributed by atoms with E-state index in [1.165, 1.54) is 11.9 Å². The molecule has 178 valence electrons. The molecule has 0 fully saturated rings. The third-order valence-electron chi connectivity index (χ3n) is 6.17. The summed E-state index contributed by atoms with van der Waals surface area (Å²) < 4.78 is 9.93. The van der Waals surface area contributed by atoms with Crippen LogP contribution in [0.1, 0.15) is 38.4 Å². The van der Waals surface area contributed by atoms with Gasteiger partial charge in [0.25, 0.3) is 5.91 Å². The van der Waals surface area contributed by atoms with E-state index in [1.54, 1.807) is 30.1 Å². The molecule has 5 rings (SSSR count). The molecule has 1 amide bonds. The molecule has 0 spiro atoms. The van der Waals surface area contributed by atoms with Gasteiger partial charge in [-0.25, -0.2) is 0 Å². The number of para-hydroxylation sites is 1. The number of amidine groups is 1. The van der Waals surface area contributed by atoms with Gasteiger partial charge in [-0.2, -0.15) is 19.4 Å². The van der Waals surface area contributed by atoms with Crippen molar-refractivity contribution in [3.05, 3.63) is 76.2 Å². The lowest BCUT2D eigenvalue weighted by Gasteiger charge is -2.17. The highest BCUT2D eigenvalue weighted by Crippen LogP contribution is 2.38. The first-order chi connectivity index (χ1) is 16.9. The highest BCUT2D eigenvalue weighted by molar-refractivity contribution is 7.97. The number of pyridine rings is 1. The maximum absolute atomic E-state index is 13.5. The second-order valence-corrected chi connectivity index (χ2v) is 9.10. The fourth-order valence-electron chi connectivity index (χ4n) is 4.35. The van der Waals surface area contributed by atoms with Gasteiger partial charge in [0.1, 0.15) is 18.0 Å². The van der Waals surface area contributed by atoms with E-state index >= 15 is 0 Å². The van der Waals surface area contributed by atoms with E-state index in [0.29, 0.717) is 35.1 Å². The first-order valence-electron chi connectivity index (χ1n) is 11.1. The highest BCUT2D eigenvalue weighted by atomic mass is 32.2. The van der Waals surface area contributed by atoms with Crippen LogP contribution in [-0.4, -0.2) is 45.9 Å². The summed E-state index contributed by atoms with van der Waals surface area (Å²) in [7, 11) is 3.41. The third-order valence-corrected chi connectivity index (χ3v) is 6.92. The summed E-state index contributed by atoms with van der Waals surface area (Å²) in [5.74, 6) is 1.48. The molecule has 35 heavy (non-hydrogen) atoms. The normalized spacial score (nSPS) is 12.9.